The Hall–Kier alpha value is -1.95. The number of phenolic OH excluding ortho intramolecular Hbond substituents is 3. The molecule has 6 heteroatoms. The van der Waals surface area contributed by atoms with Crippen LogP contribution in [-0.4, -0.2) is 28.4 Å². The van der Waals surface area contributed by atoms with Crippen LogP contribution >= 0.6 is 0 Å². The smallest absolute Gasteiger partial charge is 0.305 e. The zero-order valence-corrected chi connectivity index (χ0v) is 9.38. The van der Waals surface area contributed by atoms with Gasteiger partial charge in [-0.1, -0.05) is 0 Å². The van der Waals surface area contributed by atoms with Crippen molar-refractivity contribution in [3.63, 3.8) is 0 Å². The van der Waals surface area contributed by atoms with E-state index in [2.05, 4.69) is 4.74 Å². The molecule has 0 bridgehead atoms. The maximum absolute atomic E-state index is 10.9. The van der Waals surface area contributed by atoms with Gasteiger partial charge in [0.05, 0.1) is 7.11 Å². The Balaban J connectivity index is 2.79. The van der Waals surface area contributed by atoms with E-state index in [-0.39, 0.29) is 18.4 Å². The van der Waals surface area contributed by atoms with E-state index in [0.717, 1.165) is 0 Å². The molecule has 0 saturated carbocycles. The highest BCUT2D eigenvalue weighted by atomic mass is 16.5. The molecule has 6 nitrogen and oxygen atoms in total. The molecule has 0 heterocycles. The van der Waals surface area contributed by atoms with Gasteiger partial charge in [0.2, 0.25) is 5.75 Å². The number of ether oxygens (including phenoxy) is 1. The zero-order chi connectivity index (χ0) is 13.0. The lowest BCUT2D eigenvalue weighted by Gasteiger charge is -2.14. The highest BCUT2D eigenvalue weighted by molar-refractivity contribution is 5.69. The number of phenols is 3. The van der Waals surface area contributed by atoms with Crippen molar-refractivity contribution >= 4 is 5.97 Å². The van der Waals surface area contributed by atoms with E-state index in [4.69, 9.17) is 10.8 Å². The standard InChI is InChI=1S/C11H15NO5/c1-17-9(14)5-3-7(12)6-2-4-8(13)11(16)10(6)15/h2,4,7,13,15-16H,3,5,12H2,1H3. The Morgan fingerprint density at radius 2 is 2.00 bits per heavy atom. The van der Waals surface area contributed by atoms with Crippen molar-refractivity contribution in [1.29, 1.82) is 0 Å². The van der Waals surface area contributed by atoms with Crippen LogP contribution in [0.5, 0.6) is 17.2 Å². The lowest BCUT2D eigenvalue weighted by Crippen LogP contribution is -2.13. The number of hydrogen-bond acceptors (Lipinski definition) is 6. The maximum atomic E-state index is 10.9. The third kappa shape index (κ3) is 3.01. The molecule has 0 radical (unpaired) electrons. The molecule has 0 spiro atoms. The van der Waals surface area contributed by atoms with Gasteiger partial charge in [0.15, 0.2) is 11.5 Å². The molecule has 1 unspecified atom stereocenters. The predicted molar refractivity (Wildman–Crippen MR) is 59.6 cm³/mol. The number of carbonyl (C=O) groups is 1. The van der Waals surface area contributed by atoms with E-state index in [9.17, 15) is 15.0 Å². The molecule has 5 N–H and O–H groups in total. The Kier molecular flexibility index (Phi) is 4.17. The summed E-state index contributed by atoms with van der Waals surface area (Å²) in [7, 11) is 1.28. The first-order chi connectivity index (χ1) is 7.97. The van der Waals surface area contributed by atoms with E-state index >= 15 is 0 Å². The summed E-state index contributed by atoms with van der Waals surface area (Å²) in [5, 5.41) is 28.0. The summed E-state index contributed by atoms with van der Waals surface area (Å²) in [5.41, 5.74) is 6.03. The first-order valence-electron chi connectivity index (χ1n) is 5.03. The van der Waals surface area contributed by atoms with Gasteiger partial charge in [-0.25, -0.2) is 0 Å². The summed E-state index contributed by atoms with van der Waals surface area (Å²) in [6, 6.07) is 2.00. The van der Waals surface area contributed by atoms with Crippen molar-refractivity contribution in [2.75, 3.05) is 7.11 Å². The average molecular weight is 241 g/mol. The van der Waals surface area contributed by atoms with Crippen LogP contribution in [0.3, 0.4) is 0 Å². The van der Waals surface area contributed by atoms with Gasteiger partial charge in [-0.3, -0.25) is 4.79 Å². The summed E-state index contributed by atoms with van der Waals surface area (Å²) in [6.07, 6.45) is 0.378. The Morgan fingerprint density at radius 1 is 1.35 bits per heavy atom. The minimum absolute atomic E-state index is 0.110. The molecule has 94 valence electrons. The van der Waals surface area contributed by atoms with Gasteiger partial charge in [-0.2, -0.15) is 0 Å². The van der Waals surface area contributed by atoms with Crippen molar-refractivity contribution in [3.8, 4) is 17.2 Å². The molecule has 0 amide bonds. The number of esters is 1. The molecule has 0 aliphatic heterocycles. The molecule has 1 aromatic carbocycles. The van der Waals surface area contributed by atoms with Gasteiger partial charge >= 0.3 is 5.97 Å². The van der Waals surface area contributed by atoms with Crippen molar-refractivity contribution in [2.45, 2.75) is 18.9 Å². The Morgan fingerprint density at radius 3 is 2.59 bits per heavy atom. The van der Waals surface area contributed by atoms with Gasteiger partial charge in [0.25, 0.3) is 0 Å². The highest BCUT2D eigenvalue weighted by Gasteiger charge is 2.17. The van der Waals surface area contributed by atoms with E-state index in [0.29, 0.717) is 0 Å². The van der Waals surface area contributed by atoms with Gasteiger partial charge in [0, 0.05) is 18.0 Å². The molecule has 1 aromatic rings. The van der Waals surface area contributed by atoms with Crippen molar-refractivity contribution in [3.05, 3.63) is 17.7 Å². The quantitative estimate of drug-likeness (QED) is 0.457. The van der Waals surface area contributed by atoms with Crippen molar-refractivity contribution in [1.82, 2.24) is 0 Å². The lowest BCUT2D eigenvalue weighted by atomic mass is 10.0. The van der Waals surface area contributed by atoms with E-state index in [1.165, 1.54) is 19.2 Å². The molecule has 0 fully saturated rings. The van der Waals surface area contributed by atoms with E-state index in [1.54, 1.807) is 0 Å². The number of hydrogen-bond donors (Lipinski definition) is 4. The van der Waals surface area contributed by atoms with Gasteiger partial charge in [-0.15, -0.1) is 0 Å². The molecule has 0 aliphatic carbocycles. The highest BCUT2D eigenvalue weighted by Crippen LogP contribution is 2.39. The van der Waals surface area contributed by atoms with Crippen LogP contribution < -0.4 is 5.73 Å². The molecular formula is C11H15NO5. The second kappa shape index (κ2) is 5.40. The zero-order valence-electron chi connectivity index (χ0n) is 9.38. The minimum Gasteiger partial charge on any atom is -0.504 e. The third-order valence-electron chi connectivity index (χ3n) is 2.45. The Bertz CT molecular complexity index is 419. The summed E-state index contributed by atoms with van der Waals surface area (Å²) in [4.78, 5) is 10.9. The van der Waals surface area contributed by atoms with Crippen LogP contribution in [0.25, 0.3) is 0 Å². The molecule has 0 aliphatic rings. The number of methoxy groups -OCH3 is 1. The fourth-order valence-corrected chi connectivity index (χ4v) is 1.41. The molecular weight excluding hydrogens is 226 g/mol. The van der Waals surface area contributed by atoms with Crippen molar-refractivity contribution in [2.24, 2.45) is 5.73 Å². The molecule has 0 saturated heterocycles. The minimum atomic E-state index is -0.624. The first kappa shape index (κ1) is 13.1. The van der Waals surface area contributed by atoms with Crippen LogP contribution in [-0.2, 0) is 9.53 Å². The van der Waals surface area contributed by atoms with E-state index < -0.39 is 29.3 Å². The largest absolute Gasteiger partial charge is 0.504 e. The number of benzene rings is 1. The number of aromatic hydroxyl groups is 3. The topological polar surface area (TPSA) is 113 Å². The third-order valence-corrected chi connectivity index (χ3v) is 2.45. The first-order valence-corrected chi connectivity index (χ1v) is 5.03. The summed E-state index contributed by atoms with van der Waals surface area (Å²) < 4.78 is 4.46. The predicted octanol–water partition coefficient (Wildman–Crippen LogP) is 0.756. The number of carbonyl (C=O) groups excluding carboxylic acids is 1. The average Bonchev–Trinajstić information content (AvgIpc) is 2.32. The summed E-state index contributed by atoms with van der Waals surface area (Å²) >= 11 is 0. The second-order valence-corrected chi connectivity index (χ2v) is 3.59. The fourth-order valence-electron chi connectivity index (χ4n) is 1.41. The van der Waals surface area contributed by atoms with Crippen LogP contribution in [0, 0.1) is 0 Å². The van der Waals surface area contributed by atoms with Crippen molar-refractivity contribution < 1.29 is 24.9 Å². The van der Waals surface area contributed by atoms with Crippen LogP contribution in [0.1, 0.15) is 24.4 Å². The van der Waals surface area contributed by atoms with E-state index in [1.807, 2.05) is 0 Å². The van der Waals surface area contributed by atoms with Crippen LogP contribution in [0.15, 0.2) is 12.1 Å². The molecule has 1 rings (SSSR count). The summed E-state index contributed by atoms with van der Waals surface area (Å²) in [6.45, 7) is 0. The molecule has 0 aromatic heterocycles. The van der Waals surface area contributed by atoms with Crippen LogP contribution in [0.4, 0.5) is 0 Å². The number of nitrogens with two attached hydrogens (primary N) is 1. The lowest BCUT2D eigenvalue weighted by molar-refractivity contribution is -0.140. The van der Waals surface area contributed by atoms with Gasteiger partial charge in [-0.05, 0) is 18.6 Å². The maximum Gasteiger partial charge on any atom is 0.305 e. The molecule has 17 heavy (non-hydrogen) atoms. The monoisotopic (exact) mass is 241 g/mol. The van der Waals surface area contributed by atoms with Gasteiger partial charge in [0.1, 0.15) is 0 Å². The molecule has 1 atom stereocenters. The second-order valence-electron chi connectivity index (χ2n) is 3.59. The van der Waals surface area contributed by atoms with Crippen LogP contribution in [0.2, 0.25) is 0 Å². The summed E-state index contributed by atoms with van der Waals surface area (Å²) in [5.74, 6) is -1.91. The normalized spacial score (nSPS) is 12.1. The SMILES string of the molecule is COC(=O)CCC(N)c1ccc(O)c(O)c1O. The fraction of sp³-hybridized carbons (Fsp3) is 0.364. The van der Waals surface area contributed by atoms with Gasteiger partial charge < -0.3 is 25.8 Å². The Labute approximate surface area is 98.3 Å². The number of rotatable bonds is 4.